The molecule has 0 atom stereocenters. The maximum Gasteiger partial charge on any atom is 0.274 e. The summed E-state index contributed by atoms with van der Waals surface area (Å²) in [6.45, 7) is 0.952. The number of likely N-dealkylation sites (N-methyl/N-ethyl adjacent to an activating group) is 1. The van der Waals surface area contributed by atoms with E-state index in [1.165, 1.54) is 30.3 Å². The molecular formula is C24H26ClFN2O6. The normalized spacial score (nSPS) is 21.4. The molecule has 34 heavy (non-hydrogen) atoms. The molecule has 182 valence electrons. The fourth-order valence-corrected chi connectivity index (χ4v) is 5.41. The van der Waals surface area contributed by atoms with Gasteiger partial charge < -0.3 is 24.0 Å². The van der Waals surface area contributed by atoms with Crippen molar-refractivity contribution in [1.82, 2.24) is 9.47 Å². The Morgan fingerprint density at radius 3 is 2.65 bits per heavy atom. The number of rotatable bonds is 7. The maximum absolute atomic E-state index is 14.5. The number of hydrogen-bond donors (Lipinski definition) is 1. The summed E-state index contributed by atoms with van der Waals surface area (Å²) in [7, 11) is 4.61. The van der Waals surface area contributed by atoms with Gasteiger partial charge in [-0.15, -0.1) is 0 Å². The standard InChI is InChI=1S/C24H26ClFN2O6/c1-27-12-24(8-13(9-24)11-33-2)28-10-15(21(30)22(31)20(28)23(27)32)16(29)6-4-14-5-7-17(34-3)18(25)19(14)26/h5,7,10,13,31H,4,6,8-9,11-12H2,1-3H3. The highest BCUT2D eigenvalue weighted by Gasteiger charge is 2.51. The summed E-state index contributed by atoms with van der Waals surface area (Å²) < 4.78 is 26.3. The lowest BCUT2D eigenvalue weighted by Gasteiger charge is -2.54. The van der Waals surface area contributed by atoms with Crippen LogP contribution in [-0.4, -0.2) is 60.7 Å². The molecular weight excluding hydrogens is 467 g/mol. The minimum Gasteiger partial charge on any atom is -0.503 e. The minimum absolute atomic E-state index is 0.000934. The molecule has 2 aliphatic rings. The van der Waals surface area contributed by atoms with E-state index in [9.17, 15) is 23.9 Å². The molecule has 1 saturated carbocycles. The number of halogens is 2. The van der Waals surface area contributed by atoms with E-state index in [1.807, 2.05) is 0 Å². The van der Waals surface area contributed by atoms with Crippen molar-refractivity contribution in [2.45, 2.75) is 31.2 Å². The number of nitrogens with zero attached hydrogens (tertiary/aromatic N) is 2. The average molecular weight is 493 g/mol. The van der Waals surface area contributed by atoms with Crippen LogP contribution in [0.3, 0.4) is 0 Å². The second-order valence-electron chi connectivity index (χ2n) is 9.03. The summed E-state index contributed by atoms with van der Waals surface area (Å²) in [5.41, 5.74) is -1.57. The number of ether oxygens (including phenoxy) is 2. The smallest absolute Gasteiger partial charge is 0.274 e. The number of aromatic hydroxyl groups is 1. The monoisotopic (exact) mass is 492 g/mol. The predicted octanol–water partition coefficient (Wildman–Crippen LogP) is 3.01. The number of aromatic nitrogens is 1. The van der Waals surface area contributed by atoms with Gasteiger partial charge in [-0.05, 0) is 36.8 Å². The van der Waals surface area contributed by atoms with Gasteiger partial charge in [0.25, 0.3) is 5.91 Å². The summed E-state index contributed by atoms with van der Waals surface area (Å²) in [6, 6.07) is 2.97. The van der Waals surface area contributed by atoms with Crippen molar-refractivity contribution in [3.63, 3.8) is 0 Å². The van der Waals surface area contributed by atoms with Crippen molar-refractivity contribution in [3.8, 4) is 11.5 Å². The number of Topliss-reactive ketones (excluding diaryl/α,β-unsaturated/α-hetero) is 1. The fraction of sp³-hybridized carbons (Fsp3) is 0.458. The zero-order chi connectivity index (χ0) is 24.8. The molecule has 1 N–H and O–H groups in total. The summed E-state index contributed by atoms with van der Waals surface area (Å²) in [4.78, 5) is 40.1. The van der Waals surface area contributed by atoms with Crippen molar-refractivity contribution < 1.29 is 28.6 Å². The molecule has 0 saturated heterocycles. The number of carbonyl (C=O) groups is 2. The average Bonchev–Trinajstić information content (AvgIpc) is 2.78. The Balaban J connectivity index is 1.66. The third-order valence-electron chi connectivity index (χ3n) is 6.78. The largest absolute Gasteiger partial charge is 0.503 e. The Morgan fingerprint density at radius 2 is 2.00 bits per heavy atom. The topological polar surface area (TPSA) is 98.1 Å². The van der Waals surface area contributed by atoms with Crippen LogP contribution in [0.25, 0.3) is 0 Å². The van der Waals surface area contributed by atoms with Crippen LogP contribution in [0.15, 0.2) is 23.1 Å². The number of carbonyl (C=O) groups excluding carboxylic acids is 2. The molecule has 0 bridgehead atoms. The van der Waals surface area contributed by atoms with Crippen LogP contribution in [-0.2, 0) is 16.7 Å². The molecule has 2 aromatic rings. The van der Waals surface area contributed by atoms with Gasteiger partial charge >= 0.3 is 0 Å². The Bertz CT molecular complexity index is 1220. The highest BCUT2D eigenvalue weighted by Crippen LogP contribution is 2.48. The van der Waals surface area contributed by atoms with Crippen molar-refractivity contribution in [3.05, 3.63) is 56.2 Å². The van der Waals surface area contributed by atoms with Crippen molar-refractivity contribution in [2.24, 2.45) is 5.92 Å². The Labute approximate surface area is 200 Å². The van der Waals surface area contributed by atoms with E-state index < -0.39 is 34.2 Å². The Kier molecular flexibility index (Phi) is 6.44. The molecule has 8 nitrogen and oxygen atoms in total. The predicted molar refractivity (Wildman–Crippen MR) is 123 cm³/mol. The highest BCUT2D eigenvalue weighted by molar-refractivity contribution is 6.32. The molecule has 1 amide bonds. The summed E-state index contributed by atoms with van der Waals surface area (Å²) in [5.74, 6) is -2.02. The third kappa shape index (κ3) is 3.86. The molecule has 0 radical (unpaired) electrons. The number of benzene rings is 1. The zero-order valence-electron chi connectivity index (χ0n) is 19.2. The van der Waals surface area contributed by atoms with Gasteiger partial charge in [-0.1, -0.05) is 17.7 Å². The number of fused-ring (bicyclic) bond motifs is 2. The first kappa shape index (κ1) is 24.2. The lowest BCUT2D eigenvalue weighted by Crippen LogP contribution is -2.60. The summed E-state index contributed by atoms with van der Waals surface area (Å²) in [5, 5.41) is 10.5. The van der Waals surface area contributed by atoms with Crippen LogP contribution in [0.2, 0.25) is 5.02 Å². The van der Waals surface area contributed by atoms with Crippen LogP contribution < -0.4 is 10.2 Å². The quantitative estimate of drug-likeness (QED) is 0.597. The number of amides is 1. The van der Waals surface area contributed by atoms with Crippen molar-refractivity contribution in [2.75, 3.05) is 34.4 Å². The van der Waals surface area contributed by atoms with E-state index in [2.05, 4.69) is 0 Å². The highest BCUT2D eigenvalue weighted by atomic mass is 35.5. The van der Waals surface area contributed by atoms with Crippen LogP contribution in [0.1, 0.15) is 45.7 Å². The first-order valence-corrected chi connectivity index (χ1v) is 11.3. The Hall–Kier alpha value is -2.91. The molecule has 1 aliphatic heterocycles. The molecule has 10 heteroatoms. The number of hydrogen-bond acceptors (Lipinski definition) is 6. The van der Waals surface area contributed by atoms with Gasteiger partial charge in [-0.2, -0.15) is 0 Å². The first-order chi connectivity index (χ1) is 16.1. The van der Waals surface area contributed by atoms with E-state index in [1.54, 1.807) is 18.7 Å². The molecule has 1 aromatic carbocycles. The summed E-state index contributed by atoms with van der Waals surface area (Å²) >= 11 is 5.95. The van der Waals surface area contributed by atoms with E-state index in [0.717, 1.165) is 0 Å². The molecule has 4 rings (SSSR count). The lowest BCUT2D eigenvalue weighted by atomic mass is 9.67. The molecule has 0 unspecified atom stereocenters. The third-order valence-corrected chi connectivity index (χ3v) is 7.14. The molecule has 1 fully saturated rings. The number of methoxy groups -OCH3 is 2. The van der Waals surface area contributed by atoms with Gasteiger partial charge in [0.15, 0.2) is 17.2 Å². The maximum atomic E-state index is 14.5. The SMILES string of the molecule is COCC1CC2(C1)CN(C)C(=O)c1c(O)c(=O)c(C(=O)CCc3ccc(OC)c(Cl)c3F)cn12. The Morgan fingerprint density at radius 1 is 1.29 bits per heavy atom. The van der Waals surface area contributed by atoms with Crippen LogP contribution in [0.5, 0.6) is 11.5 Å². The van der Waals surface area contributed by atoms with Gasteiger partial charge in [-0.3, -0.25) is 14.4 Å². The second-order valence-corrected chi connectivity index (χ2v) is 9.41. The van der Waals surface area contributed by atoms with E-state index in [-0.39, 0.29) is 46.4 Å². The van der Waals surface area contributed by atoms with Gasteiger partial charge in [0, 0.05) is 39.9 Å². The molecule has 1 spiro atoms. The molecule has 1 aliphatic carbocycles. The lowest BCUT2D eigenvalue weighted by molar-refractivity contribution is -0.0190. The molecule has 2 heterocycles. The van der Waals surface area contributed by atoms with Gasteiger partial charge in [-0.25, -0.2) is 4.39 Å². The van der Waals surface area contributed by atoms with Crippen LogP contribution in [0.4, 0.5) is 4.39 Å². The zero-order valence-corrected chi connectivity index (χ0v) is 19.9. The van der Waals surface area contributed by atoms with Crippen molar-refractivity contribution >= 4 is 23.3 Å². The van der Waals surface area contributed by atoms with Crippen LogP contribution in [0, 0.1) is 11.7 Å². The van der Waals surface area contributed by atoms with Crippen molar-refractivity contribution in [1.29, 1.82) is 0 Å². The van der Waals surface area contributed by atoms with E-state index in [0.29, 0.717) is 26.0 Å². The summed E-state index contributed by atoms with van der Waals surface area (Å²) in [6.07, 6.45) is 2.55. The van der Waals surface area contributed by atoms with Gasteiger partial charge in [0.05, 0.1) is 18.2 Å². The van der Waals surface area contributed by atoms with E-state index >= 15 is 0 Å². The number of ketones is 1. The fourth-order valence-electron chi connectivity index (χ4n) is 5.15. The van der Waals surface area contributed by atoms with Crippen LogP contribution >= 0.6 is 11.6 Å². The minimum atomic E-state index is -0.906. The number of pyridine rings is 1. The number of aryl methyl sites for hydroxylation is 1. The van der Waals surface area contributed by atoms with Gasteiger partial charge in [0.1, 0.15) is 16.6 Å². The van der Waals surface area contributed by atoms with E-state index in [4.69, 9.17) is 21.1 Å². The van der Waals surface area contributed by atoms with Gasteiger partial charge in [0.2, 0.25) is 5.43 Å². The second kappa shape index (κ2) is 9.03. The molecule has 1 aromatic heterocycles. The first-order valence-electron chi connectivity index (χ1n) is 10.9.